The van der Waals surface area contributed by atoms with Crippen LogP contribution in [0.15, 0.2) is 15.9 Å². The van der Waals surface area contributed by atoms with Crippen LogP contribution in [0.5, 0.6) is 0 Å². The maximum Gasteiger partial charge on any atom is 0.0701 e. The van der Waals surface area contributed by atoms with Crippen molar-refractivity contribution in [3.63, 3.8) is 0 Å². The molecule has 0 amide bonds. The third-order valence-corrected chi connectivity index (χ3v) is 4.86. The average Bonchev–Trinajstić information content (AvgIpc) is 2.59. The van der Waals surface area contributed by atoms with E-state index in [1.165, 1.54) is 54.0 Å². The first-order valence-electron chi connectivity index (χ1n) is 6.52. The van der Waals surface area contributed by atoms with Crippen LogP contribution in [0.25, 0.3) is 0 Å². The molecule has 2 rings (SSSR count). The maximum absolute atomic E-state index is 3.53. The van der Waals surface area contributed by atoms with Gasteiger partial charge in [-0.25, -0.2) is 0 Å². The smallest absolute Gasteiger partial charge is 0.0701 e. The average molecular weight is 317 g/mol. The predicted molar refractivity (Wildman–Crippen MR) is 78.6 cm³/mol. The van der Waals surface area contributed by atoms with Crippen molar-refractivity contribution in [3.05, 3.63) is 20.8 Å². The highest BCUT2D eigenvalue weighted by atomic mass is 79.9. The van der Waals surface area contributed by atoms with E-state index in [-0.39, 0.29) is 0 Å². The molecule has 0 saturated carbocycles. The quantitative estimate of drug-likeness (QED) is 0.837. The van der Waals surface area contributed by atoms with E-state index < -0.39 is 0 Å². The van der Waals surface area contributed by atoms with E-state index in [1.807, 2.05) is 11.3 Å². The molecule has 4 heteroatoms. The molecule has 0 aromatic carbocycles. The molecular formula is C13H21BrN2S. The van der Waals surface area contributed by atoms with Crippen molar-refractivity contribution < 1.29 is 0 Å². The number of halogens is 1. The van der Waals surface area contributed by atoms with E-state index in [0.29, 0.717) is 0 Å². The van der Waals surface area contributed by atoms with Crippen LogP contribution in [-0.2, 0) is 6.54 Å². The van der Waals surface area contributed by atoms with Crippen molar-refractivity contribution in [2.45, 2.75) is 32.2 Å². The van der Waals surface area contributed by atoms with E-state index in [9.17, 15) is 0 Å². The molecule has 17 heavy (non-hydrogen) atoms. The summed E-state index contributed by atoms with van der Waals surface area (Å²) in [5, 5.41) is 3.53. The molecule has 0 unspecified atom stereocenters. The molecule has 1 aliphatic heterocycles. The van der Waals surface area contributed by atoms with Gasteiger partial charge in [0.15, 0.2) is 0 Å². The first-order valence-corrected chi connectivity index (χ1v) is 8.13. The van der Waals surface area contributed by atoms with Gasteiger partial charge in [0.1, 0.15) is 0 Å². The Morgan fingerprint density at radius 1 is 1.18 bits per heavy atom. The lowest BCUT2D eigenvalue weighted by molar-refractivity contribution is 0.284. The summed E-state index contributed by atoms with van der Waals surface area (Å²) in [6.07, 6.45) is 5.62. The summed E-state index contributed by atoms with van der Waals surface area (Å²) in [6, 6.07) is 4.31. The first kappa shape index (κ1) is 13.5. The SMILES string of the molecule is Brc1ccc(CNCCN2CCCCCC2)s1. The van der Waals surface area contributed by atoms with Crippen LogP contribution in [0.1, 0.15) is 30.6 Å². The molecule has 0 spiro atoms. The fourth-order valence-corrected chi connectivity index (χ4v) is 3.71. The second kappa shape index (κ2) is 7.52. The molecule has 1 N–H and O–H groups in total. The minimum absolute atomic E-state index is 1.00. The van der Waals surface area contributed by atoms with Crippen molar-refractivity contribution in [2.24, 2.45) is 0 Å². The predicted octanol–water partition coefficient (Wildman–Crippen LogP) is 3.48. The lowest BCUT2D eigenvalue weighted by atomic mass is 10.2. The van der Waals surface area contributed by atoms with E-state index in [2.05, 4.69) is 38.3 Å². The second-order valence-electron chi connectivity index (χ2n) is 4.64. The van der Waals surface area contributed by atoms with Crippen LogP contribution >= 0.6 is 27.3 Å². The number of nitrogens with one attached hydrogen (secondary N) is 1. The van der Waals surface area contributed by atoms with Gasteiger partial charge in [0.25, 0.3) is 0 Å². The number of hydrogen-bond acceptors (Lipinski definition) is 3. The standard InChI is InChI=1S/C13H21BrN2S/c14-13-6-5-12(17-13)11-15-7-10-16-8-3-1-2-4-9-16/h5-6,15H,1-4,7-11H2. The fourth-order valence-electron chi connectivity index (χ4n) is 2.26. The van der Waals surface area contributed by atoms with Gasteiger partial charge in [-0.3, -0.25) is 0 Å². The number of rotatable bonds is 5. The third kappa shape index (κ3) is 5.08. The lowest BCUT2D eigenvalue weighted by Gasteiger charge is -2.19. The molecule has 0 atom stereocenters. The van der Waals surface area contributed by atoms with Crippen LogP contribution in [0, 0.1) is 0 Å². The Labute approximate surface area is 117 Å². The minimum atomic E-state index is 1.00. The Morgan fingerprint density at radius 3 is 2.59 bits per heavy atom. The Kier molecular flexibility index (Phi) is 5.98. The molecule has 1 fully saturated rings. The largest absolute Gasteiger partial charge is 0.311 e. The summed E-state index contributed by atoms with van der Waals surface area (Å²) in [7, 11) is 0. The van der Waals surface area contributed by atoms with Gasteiger partial charge in [-0.05, 0) is 54.0 Å². The highest BCUT2D eigenvalue weighted by Gasteiger charge is 2.07. The molecule has 1 aromatic heterocycles. The van der Waals surface area contributed by atoms with Gasteiger partial charge in [0.2, 0.25) is 0 Å². The summed E-state index contributed by atoms with van der Waals surface area (Å²) >= 11 is 5.31. The summed E-state index contributed by atoms with van der Waals surface area (Å²) in [6.45, 7) is 5.91. The Bertz CT molecular complexity index is 319. The van der Waals surface area contributed by atoms with E-state index in [4.69, 9.17) is 0 Å². The maximum atomic E-state index is 3.53. The Hall–Kier alpha value is 0.1000. The van der Waals surface area contributed by atoms with Gasteiger partial charge in [0.05, 0.1) is 3.79 Å². The van der Waals surface area contributed by atoms with Crippen molar-refractivity contribution >= 4 is 27.3 Å². The first-order chi connectivity index (χ1) is 8.34. The lowest BCUT2D eigenvalue weighted by Crippen LogP contribution is -2.32. The van der Waals surface area contributed by atoms with Crippen molar-refractivity contribution in [3.8, 4) is 0 Å². The highest BCUT2D eigenvalue weighted by molar-refractivity contribution is 9.11. The van der Waals surface area contributed by atoms with Crippen LogP contribution in [0.2, 0.25) is 0 Å². The van der Waals surface area contributed by atoms with E-state index in [0.717, 1.165) is 13.1 Å². The minimum Gasteiger partial charge on any atom is -0.311 e. The van der Waals surface area contributed by atoms with Crippen molar-refractivity contribution in [1.82, 2.24) is 10.2 Å². The van der Waals surface area contributed by atoms with Crippen LogP contribution in [0.3, 0.4) is 0 Å². The number of thiophene rings is 1. The van der Waals surface area contributed by atoms with Crippen molar-refractivity contribution in [2.75, 3.05) is 26.2 Å². The Morgan fingerprint density at radius 2 is 1.94 bits per heavy atom. The molecule has 1 aliphatic rings. The summed E-state index contributed by atoms with van der Waals surface area (Å²) in [4.78, 5) is 4.01. The van der Waals surface area contributed by atoms with Gasteiger partial charge >= 0.3 is 0 Å². The number of hydrogen-bond donors (Lipinski definition) is 1. The molecule has 96 valence electrons. The molecule has 1 aromatic rings. The van der Waals surface area contributed by atoms with Crippen LogP contribution in [-0.4, -0.2) is 31.1 Å². The molecule has 0 bridgehead atoms. The normalized spacial score (nSPS) is 18.2. The zero-order valence-electron chi connectivity index (χ0n) is 10.3. The summed E-state index contributed by atoms with van der Waals surface area (Å²) in [5.74, 6) is 0. The van der Waals surface area contributed by atoms with Crippen molar-refractivity contribution in [1.29, 1.82) is 0 Å². The van der Waals surface area contributed by atoms with Gasteiger partial charge < -0.3 is 10.2 Å². The molecule has 2 heterocycles. The molecule has 0 aliphatic carbocycles. The van der Waals surface area contributed by atoms with Gasteiger partial charge in [-0.15, -0.1) is 11.3 Å². The van der Waals surface area contributed by atoms with E-state index >= 15 is 0 Å². The zero-order valence-corrected chi connectivity index (χ0v) is 12.7. The summed E-state index contributed by atoms with van der Waals surface area (Å²) < 4.78 is 1.22. The number of nitrogens with zero attached hydrogens (tertiary/aromatic N) is 1. The molecule has 2 nitrogen and oxygen atoms in total. The molecular weight excluding hydrogens is 296 g/mol. The Balaban J connectivity index is 1.59. The highest BCUT2D eigenvalue weighted by Crippen LogP contribution is 2.21. The second-order valence-corrected chi connectivity index (χ2v) is 7.19. The fraction of sp³-hybridized carbons (Fsp3) is 0.692. The molecule has 1 saturated heterocycles. The third-order valence-electron chi connectivity index (χ3n) is 3.23. The molecule has 0 radical (unpaired) electrons. The summed E-state index contributed by atoms with van der Waals surface area (Å²) in [5.41, 5.74) is 0. The zero-order chi connectivity index (χ0) is 11.9. The van der Waals surface area contributed by atoms with E-state index in [1.54, 1.807) is 0 Å². The monoisotopic (exact) mass is 316 g/mol. The van der Waals surface area contributed by atoms with Gasteiger partial charge in [0, 0.05) is 24.5 Å². The van der Waals surface area contributed by atoms with Gasteiger partial charge in [-0.2, -0.15) is 0 Å². The topological polar surface area (TPSA) is 15.3 Å². The van der Waals surface area contributed by atoms with Gasteiger partial charge in [-0.1, -0.05) is 12.8 Å². The van der Waals surface area contributed by atoms with Crippen LogP contribution < -0.4 is 5.32 Å². The number of likely N-dealkylation sites (tertiary alicyclic amines) is 1. The van der Waals surface area contributed by atoms with Crippen LogP contribution in [0.4, 0.5) is 0 Å².